The highest BCUT2D eigenvalue weighted by atomic mass is 19.4. The zero-order valence-corrected chi connectivity index (χ0v) is 12.3. The van der Waals surface area contributed by atoms with Gasteiger partial charge in [-0.1, -0.05) is 30.3 Å². The van der Waals surface area contributed by atoms with Crippen LogP contribution in [0.3, 0.4) is 0 Å². The Balaban J connectivity index is 1.81. The Hall–Kier alpha value is -1.56. The van der Waals surface area contributed by atoms with E-state index in [0.29, 0.717) is 6.54 Å². The van der Waals surface area contributed by atoms with Crippen molar-refractivity contribution in [1.82, 2.24) is 4.90 Å². The van der Waals surface area contributed by atoms with Crippen LogP contribution in [-0.2, 0) is 16.1 Å². The third kappa shape index (κ3) is 2.12. The van der Waals surface area contributed by atoms with Gasteiger partial charge in [-0.15, -0.1) is 0 Å². The molecule has 2 aliphatic rings. The number of likely N-dealkylation sites (tertiary alicyclic amines) is 1. The zero-order valence-electron chi connectivity index (χ0n) is 12.3. The summed E-state index contributed by atoms with van der Waals surface area (Å²) in [5.41, 5.74) is -2.39. The van der Waals surface area contributed by atoms with E-state index < -0.39 is 23.0 Å². The number of halogens is 3. The van der Waals surface area contributed by atoms with Gasteiger partial charge in [0, 0.05) is 19.6 Å². The molecule has 3 nitrogen and oxygen atoms in total. The van der Waals surface area contributed by atoms with Crippen molar-refractivity contribution in [2.75, 3.05) is 19.7 Å². The highest BCUT2D eigenvalue weighted by molar-refractivity contribution is 5.83. The lowest BCUT2D eigenvalue weighted by molar-refractivity contribution is -0.197. The lowest BCUT2D eigenvalue weighted by Gasteiger charge is -2.22. The monoisotopic (exact) mass is 313 g/mol. The molecule has 1 aromatic carbocycles. The van der Waals surface area contributed by atoms with Gasteiger partial charge in [-0.2, -0.15) is 13.2 Å². The first-order valence-corrected chi connectivity index (χ1v) is 7.35. The number of esters is 1. The van der Waals surface area contributed by atoms with Gasteiger partial charge in [0.25, 0.3) is 0 Å². The van der Waals surface area contributed by atoms with E-state index in [4.69, 9.17) is 4.74 Å². The number of hydrogen-bond donors (Lipinski definition) is 0. The lowest BCUT2D eigenvalue weighted by Crippen LogP contribution is -2.35. The van der Waals surface area contributed by atoms with Gasteiger partial charge < -0.3 is 4.74 Å². The Kier molecular flexibility index (Phi) is 3.47. The van der Waals surface area contributed by atoms with Gasteiger partial charge in [-0.3, -0.25) is 9.69 Å². The molecule has 1 saturated heterocycles. The van der Waals surface area contributed by atoms with Crippen molar-refractivity contribution in [3.05, 3.63) is 35.9 Å². The summed E-state index contributed by atoms with van der Waals surface area (Å²) in [6.45, 7) is 2.11. The molecule has 120 valence electrons. The van der Waals surface area contributed by atoms with E-state index in [1.807, 2.05) is 30.3 Å². The summed E-state index contributed by atoms with van der Waals surface area (Å²) in [5, 5.41) is 0. The van der Waals surface area contributed by atoms with Crippen molar-refractivity contribution in [2.24, 2.45) is 10.8 Å². The van der Waals surface area contributed by atoms with Crippen molar-refractivity contribution in [1.29, 1.82) is 0 Å². The third-order valence-corrected chi connectivity index (χ3v) is 4.84. The number of rotatable bonds is 4. The van der Waals surface area contributed by atoms with Gasteiger partial charge >= 0.3 is 12.1 Å². The van der Waals surface area contributed by atoms with Crippen LogP contribution in [0.15, 0.2) is 30.3 Å². The van der Waals surface area contributed by atoms with Crippen LogP contribution < -0.4 is 0 Å². The highest BCUT2D eigenvalue weighted by Gasteiger charge is 2.86. The van der Waals surface area contributed by atoms with Crippen molar-refractivity contribution in [3.63, 3.8) is 0 Å². The Bertz CT molecular complexity index is 575. The van der Waals surface area contributed by atoms with Gasteiger partial charge in [-0.05, 0) is 18.9 Å². The lowest BCUT2D eigenvalue weighted by atomic mass is 9.96. The maximum Gasteiger partial charge on any atom is 0.396 e. The third-order valence-electron chi connectivity index (χ3n) is 4.84. The molecule has 0 radical (unpaired) electrons. The first-order valence-electron chi connectivity index (χ1n) is 7.35. The Morgan fingerprint density at radius 1 is 1.27 bits per heavy atom. The second-order valence-electron chi connectivity index (χ2n) is 6.19. The largest absolute Gasteiger partial charge is 0.466 e. The van der Waals surface area contributed by atoms with Crippen LogP contribution in [0.25, 0.3) is 0 Å². The molecule has 3 rings (SSSR count). The summed E-state index contributed by atoms with van der Waals surface area (Å²) in [4.78, 5) is 13.8. The molecule has 2 atom stereocenters. The average molecular weight is 313 g/mol. The van der Waals surface area contributed by atoms with E-state index in [-0.39, 0.29) is 26.1 Å². The van der Waals surface area contributed by atoms with E-state index in [9.17, 15) is 18.0 Å². The van der Waals surface area contributed by atoms with Crippen molar-refractivity contribution < 1.29 is 22.7 Å². The summed E-state index contributed by atoms with van der Waals surface area (Å²) >= 11 is 0. The quantitative estimate of drug-likeness (QED) is 0.800. The minimum atomic E-state index is -4.38. The SMILES string of the molecule is CCOC(=O)[C@]12CN(Cc3ccccc3)C[C@@]1(C(F)(F)F)C2. The number of benzene rings is 1. The molecule has 22 heavy (non-hydrogen) atoms. The van der Waals surface area contributed by atoms with Crippen LogP contribution in [0.4, 0.5) is 13.2 Å². The molecule has 0 spiro atoms. The van der Waals surface area contributed by atoms with E-state index in [1.54, 1.807) is 11.8 Å². The van der Waals surface area contributed by atoms with Crippen LogP contribution in [0, 0.1) is 10.8 Å². The molecule has 0 bridgehead atoms. The predicted octanol–water partition coefficient (Wildman–Crippen LogP) is 3.00. The topological polar surface area (TPSA) is 29.5 Å². The molecule has 6 heteroatoms. The average Bonchev–Trinajstić information content (AvgIpc) is 3.00. The second kappa shape index (κ2) is 4.98. The van der Waals surface area contributed by atoms with Crippen LogP contribution >= 0.6 is 0 Å². The summed E-state index contributed by atoms with van der Waals surface area (Å²) in [7, 11) is 0. The molecule has 0 aromatic heterocycles. The molecular weight excluding hydrogens is 295 g/mol. The van der Waals surface area contributed by atoms with Crippen molar-refractivity contribution in [3.8, 4) is 0 Å². The molecule has 1 aliphatic heterocycles. The number of carbonyl (C=O) groups is 1. The number of fused-ring (bicyclic) bond motifs is 1. The van der Waals surface area contributed by atoms with Gasteiger partial charge in [0.05, 0.1) is 17.4 Å². The van der Waals surface area contributed by atoms with Crippen LogP contribution in [0.5, 0.6) is 0 Å². The standard InChI is InChI=1S/C16H18F3NO2/c1-2-22-13(21)14-9-15(14,16(17,18)19)11-20(10-14)8-12-6-4-3-5-7-12/h3-7H,2,8-11H2,1H3/t14-,15-/m0/s1. The first-order chi connectivity index (χ1) is 10.3. The molecular formula is C16H18F3NO2. The maximum absolute atomic E-state index is 13.5. The summed E-state index contributed by atoms with van der Waals surface area (Å²) in [6, 6.07) is 9.32. The summed E-state index contributed by atoms with van der Waals surface area (Å²) in [6.07, 6.45) is -4.53. The number of hydrogen-bond acceptors (Lipinski definition) is 3. The van der Waals surface area contributed by atoms with E-state index in [0.717, 1.165) is 5.56 Å². The van der Waals surface area contributed by atoms with E-state index in [1.165, 1.54) is 0 Å². The van der Waals surface area contributed by atoms with Gasteiger partial charge in [0.1, 0.15) is 0 Å². The first kappa shape index (κ1) is 15.3. The molecule has 0 amide bonds. The Labute approximate surface area is 127 Å². The molecule has 1 aliphatic carbocycles. The predicted molar refractivity (Wildman–Crippen MR) is 73.9 cm³/mol. The number of piperidine rings is 1. The fourth-order valence-corrected chi connectivity index (χ4v) is 3.72. The number of nitrogens with zero attached hydrogens (tertiary/aromatic N) is 1. The minimum absolute atomic E-state index is 0.104. The van der Waals surface area contributed by atoms with Crippen LogP contribution in [0.1, 0.15) is 18.9 Å². The minimum Gasteiger partial charge on any atom is -0.466 e. The molecule has 0 N–H and O–H groups in total. The molecule has 1 heterocycles. The smallest absolute Gasteiger partial charge is 0.396 e. The van der Waals surface area contributed by atoms with Crippen molar-refractivity contribution in [2.45, 2.75) is 26.1 Å². The van der Waals surface area contributed by atoms with Gasteiger partial charge in [0.2, 0.25) is 0 Å². The van der Waals surface area contributed by atoms with Gasteiger partial charge in [0.15, 0.2) is 0 Å². The van der Waals surface area contributed by atoms with Gasteiger partial charge in [-0.25, -0.2) is 0 Å². The second-order valence-corrected chi connectivity index (χ2v) is 6.19. The molecule has 0 unspecified atom stereocenters. The highest BCUT2D eigenvalue weighted by Crippen LogP contribution is 2.75. The molecule has 2 fully saturated rings. The molecule has 1 saturated carbocycles. The number of ether oxygens (including phenoxy) is 1. The zero-order chi connectivity index (χ0) is 16.0. The number of carbonyl (C=O) groups excluding carboxylic acids is 1. The van der Waals surface area contributed by atoms with Crippen LogP contribution in [0.2, 0.25) is 0 Å². The van der Waals surface area contributed by atoms with E-state index >= 15 is 0 Å². The summed E-state index contributed by atoms with van der Waals surface area (Å²) in [5.74, 6) is -0.706. The summed E-state index contributed by atoms with van der Waals surface area (Å²) < 4.78 is 45.5. The Morgan fingerprint density at radius 3 is 2.55 bits per heavy atom. The maximum atomic E-state index is 13.5. The Morgan fingerprint density at radius 2 is 1.95 bits per heavy atom. The van der Waals surface area contributed by atoms with Crippen LogP contribution in [-0.4, -0.2) is 36.7 Å². The fourth-order valence-electron chi connectivity index (χ4n) is 3.72. The fraction of sp³-hybridized carbons (Fsp3) is 0.562. The molecule has 1 aromatic rings. The van der Waals surface area contributed by atoms with Crippen molar-refractivity contribution >= 4 is 5.97 Å². The number of alkyl halides is 3. The normalized spacial score (nSPS) is 30.9. The van der Waals surface area contributed by atoms with E-state index in [2.05, 4.69) is 0 Å².